The Morgan fingerprint density at radius 2 is 2.19 bits per heavy atom. The number of nitrogens with zero attached hydrogens (tertiary/aromatic N) is 1. The lowest BCUT2D eigenvalue weighted by Crippen LogP contribution is -2.45. The molecule has 2 fully saturated rings. The zero-order valence-corrected chi connectivity index (χ0v) is 15.4. The quantitative estimate of drug-likeness (QED) is 0.735. The number of hydrogen-bond donors (Lipinski definition) is 2. The lowest BCUT2D eigenvalue weighted by atomic mass is 9.74. The van der Waals surface area contributed by atoms with E-state index in [2.05, 4.69) is 17.0 Å². The lowest BCUT2D eigenvalue weighted by molar-refractivity contribution is -0.137. The molecule has 6 heteroatoms. The summed E-state index contributed by atoms with van der Waals surface area (Å²) < 4.78 is 11.4. The maximum Gasteiger partial charge on any atom is 0.304 e. The first-order valence-electron chi connectivity index (χ1n) is 9.56. The van der Waals surface area contributed by atoms with Crippen LogP contribution < -0.4 is 10.5 Å². The molecular weight excluding hydrogens is 332 g/mol. The molecule has 2 aliphatic heterocycles. The normalized spacial score (nSPS) is 23.0. The van der Waals surface area contributed by atoms with Gasteiger partial charge in [0, 0.05) is 13.0 Å². The maximum atomic E-state index is 10.8. The van der Waals surface area contributed by atoms with Crippen molar-refractivity contribution in [1.29, 1.82) is 0 Å². The van der Waals surface area contributed by atoms with Crippen molar-refractivity contribution in [3.8, 4) is 5.75 Å². The zero-order chi connectivity index (χ0) is 18.4. The minimum atomic E-state index is -0.731. The first kappa shape index (κ1) is 19.1. The van der Waals surface area contributed by atoms with Crippen LogP contribution in [0.2, 0.25) is 0 Å². The number of likely N-dealkylation sites (tertiary alicyclic amines) is 1. The predicted molar refractivity (Wildman–Crippen MR) is 99.4 cm³/mol. The van der Waals surface area contributed by atoms with E-state index in [-0.39, 0.29) is 17.9 Å². The molecule has 1 aromatic carbocycles. The van der Waals surface area contributed by atoms with E-state index in [4.69, 9.17) is 20.3 Å². The molecule has 0 bridgehead atoms. The van der Waals surface area contributed by atoms with Crippen LogP contribution in [-0.4, -0.2) is 61.5 Å². The Morgan fingerprint density at radius 3 is 2.85 bits per heavy atom. The fraction of sp³-hybridized carbons (Fsp3) is 0.650. The van der Waals surface area contributed by atoms with Crippen LogP contribution in [0.4, 0.5) is 0 Å². The summed E-state index contributed by atoms with van der Waals surface area (Å²) in [4.78, 5) is 13.0. The van der Waals surface area contributed by atoms with Gasteiger partial charge < -0.3 is 25.2 Å². The van der Waals surface area contributed by atoms with E-state index in [9.17, 15) is 4.79 Å². The van der Waals surface area contributed by atoms with Crippen molar-refractivity contribution in [2.75, 3.05) is 39.4 Å². The van der Waals surface area contributed by atoms with Crippen LogP contribution in [0, 0.1) is 5.41 Å². The molecule has 3 rings (SSSR count). The molecular formula is C20H30N2O4. The number of carboxylic acid groups (broad SMARTS) is 1. The van der Waals surface area contributed by atoms with Crippen molar-refractivity contribution in [2.24, 2.45) is 11.1 Å². The predicted octanol–water partition coefficient (Wildman–Crippen LogP) is 1.91. The van der Waals surface area contributed by atoms with Crippen LogP contribution in [0.5, 0.6) is 5.75 Å². The number of hydrogen-bond acceptors (Lipinski definition) is 5. The topological polar surface area (TPSA) is 85.0 Å². The molecule has 2 heterocycles. The lowest BCUT2D eigenvalue weighted by Gasteiger charge is -2.41. The van der Waals surface area contributed by atoms with Crippen molar-refractivity contribution in [3.05, 3.63) is 29.8 Å². The average molecular weight is 362 g/mol. The molecule has 0 aromatic heterocycles. The summed E-state index contributed by atoms with van der Waals surface area (Å²) in [5, 5.41) is 8.85. The van der Waals surface area contributed by atoms with Crippen molar-refractivity contribution in [3.63, 3.8) is 0 Å². The summed E-state index contributed by atoms with van der Waals surface area (Å²) in [6.45, 7) is 4.56. The van der Waals surface area contributed by atoms with Gasteiger partial charge in [0.15, 0.2) is 0 Å². The van der Waals surface area contributed by atoms with Gasteiger partial charge in [0.2, 0.25) is 0 Å². The number of ether oxygens (including phenoxy) is 2. The summed E-state index contributed by atoms with van der Waals surface area (Å²) >= 11 is 0. The fourth-order valence-electron chi connectivity index (χ4n) is 3.92. The van der Waals surface area contributed by atoms with Crippen molar-refractivity contribution in [1.82, 2.24) is 4.90 Å². The number of piperidine rings is 1. The van der Waals surface area contributed by atoms with Gasteiger partial charge in [-0.2, -0.15) is 0 Å². The number of benzene rings is 1. The molecule has 0 unspecified atom stereocenters. The van der Waals surface area contributed by atoms with E-state index in [1.807, 2.05) is 12.1 Å². The maximum absolute atomic E-state index is 10.8. The molecule has 2 saturated heterocycles. The molecule has 0 radical (unpaired) electrons. The molecule has 0 amide bonds. The molecule has 2 aliphatic rings. The molecule has 1 aromatic rings. The minimum Gasteiger partial charge on any atom is -0.488 e. The van der Waals surface area contributed by atoms with Gasteiger partial charge in [-0.25, -0.2) is 0 Å². The second-order valence-corrected chi connectivity index (χ2v) is 7.62. The highest BCUT2D eigenvalue weighted by Crippen LogP contribution is 2.35. The van der Waals surface area contributed by atoms with Gasteiger partial charge in [0.05, 0.1) is 19.6 Å². The van der Waals surface area contributed by atoms with Crippen LogP contribution >= 0.6 is 0 Å². The van der Waals surface area contributed by atoms with E-state index < -0.39 is 5.97 Å². The standard InChI is InChI=1S/C20H30N2O4/c21-15-20(6-9-22(10-7-20)8-4-19(23)24)13-16-2-1-3-17(12-16)26-18-5-11-25-14-18/h1-3,12,18H,4-11,13-15,21H2,(H,23,24)/t18-/m1/s1. The van der Waals surface area contributed by atoms with Crippen molar-refractivity contribution in [2.45, 2.75) is 38.2 Å². The molecule has 26 heavy (non-hydrogen) atoms. The Morgan fingerprint density at radius 1 is 1.38 bits per heavy atom. The highest BCUT2D eigenvalue weighted by Gasteiger charge is 2.33. The van der Waals surface area contributed by atoms with Crippen LogP contribution in [0.25, 0.3) is 0 Å². The second-order valence-electron chi connectivity index (χ2n) is 7.62. The fourth-order valence-corrected chi connectivity index (χ4v) is 3.92. The van der Waals surface area contributed by atoms with Crippen LogP contribution in [-0.2, 0) is 16.0 Å². The van der Waals surface area contributed by atoms with Gasteiger partial charge in [0.25, 0.3) is 0 Å². The van der Waals surface area contributed by atoms with Gasteiger partial charge >= 0.3 is 5.97 Å². The number of aliphatic carboxylic acids is 1. The zero-order valence-electron chi connectivity index (χ0n) is 15.4. The van der Waals surface area contributed by atoms with E-state index in [0.29, 0.717) is 19.7 Å². The van der Waals surface area contributed by atoms with Gasteiger partial charge in [-0.05, 0) is 62.0 Å². The molecule has 0 saturated carbocycles. The Labute approximate surface area is 155 Å². The Bertz CT molecular complexity index is 593. The monoisotopic (exact) mass is 362 g/mol. The van der Waals surface area contributed by atoms with E-state index in [1.165, 1.54) is 5.56 Å². The number of rotatable bonds is 8. The summed E-state index contributed by atoms with van der Waals surface area (Å²) in [5.74, 6) is 0.175. The summed E-state index contributed by atoms with van der Waals surface area (Å²) in [5.41, 5.74) is 7.51. The van der Waals surface area contributed by atoms with Gasteiger partial charge in [-0.1, -0.05) is 12.1 Å². The van der Waals surface area contributed by atoms with E-state index >= 15 is 0 Å². The van der Waals surface area contributed by atoms with Crippen LogP contribution in [0.15, 0.2) is 24.3 Å². The van der Waals surface area contributed by atoms with Crippen LogP contribution in [0.1, 0.15) is 31.2 Å². The Balaban J connectivity index is 1.57. The Hall–Kier alpha value is -1.63. The molecule has 1 atom stereocenters. The van der Waals surface area contributed by atoms with Crippen LogP contribution in [0.3, 0.4) is 0 Å². The number of nitrogens with two attached hydrogens (primary N) is 1. The first-order valence-corrected chi connectivity index (χ1v) is 9.56. The summed E-state index contributed by atoms with van der Waals surface area (Å²) in [6.07, 6.45) is 4.26. The summed E-state index contributed by atoms with van der Waals surface area (Å²) in [6, 6.07) is 8.33. The first-order chi connectivity index (χ1) is 12.6. The van der Waals surface area contributed by atoms with E-state index in [1.54, 1.807) is 0 Å². The summed E-state index contributed by atoms with van der Waals surface area (Å²) in [7, 11) is 0. The van der Waals surface area contributed by atoms with Gasteiger partial charge in [-0.3, -0.25) is 4.79 Å². The SMILES string of the molecule is NCC1(Cc2cccc(O[C@@H]3CCOC3)c2)CCN(CCC(=O)O)CC1. The van der Waals surface area contributed by atoms with Gasteiger partial charge in [0.1, 0.15) is 11.9 Å². The highest BCUT2D eigenvalue weighted by atomic mass is 16.5. The van der Waals surface area contributed by atoms with Crippen molar-refractivity contribution < 1.29 is 19.4 Å². The third kappa shape index (κ3) is 5.19. The van der Waals surface area contributed by atoms with Crippen molar-refractivity contribution >= 4 is 5.97 Å². The van der Waals surface area contributed by atoms with Gasteiger partial charge in [-0.15, -0.1) is 0 Å². The number of carboxylic acids is 1. The van der Waals surface area contributed by atoms with E-state index in [0.717, 1.165) is 51.1 Å². The Kier molecular flexibility index (Phi) is 6.51. The highest BCUT2D eigenvalue weighted by molar-refractivity contribution is 5.66. The minimum absolute atomic E-state index is 0.0921. The smallest absolute Gasteiger partial charge is 0.304 e. The molecule has 0 aliphatic carbocycles. The third-order valence-corrected chi connectivity index (χ3v) is 5.66. The third-order valence-electron chi connectivity index (χ3n) is 5.66. The molecule has 6 nitrogen and oxygen atoms in total. The molecule has 144 valence electrons. The number of carbonyl (C=O) groups is 1. The average Bonchev–Trinajstić information content (AvgIpc) is 3.14. The second kappa shape index (κ2) is 8.84. The molecule has 0 spiro atoms. The largest absolute Gasteiger partial charge is 0.488 e. The molecule has 3 N–H and O–H groups in total.